The number of tetrazole rings is 1. The molecule has 3 rings (SSSR count). The molecule has 1 aromatic heterocycles. The predicted molar refractivity (Wildman–Crippen MR) is 95.4 cm³/mol. The van der Waals surface area contributed by atoms with Gasteiger partial charge in [-0.3, -0.25) is 0 Å². The van der Waals surface area contributed by atoms with E-state index in [0.717, 1.165) is 16.7 Å². The quantitative estimate of drug-likeness (QED) is 0.667. The van der Waals surface area contributed by atoms with Gasteiger partial charge in [0, 0.05) is 12.6 Å². The number of hydrogen-bond acceptors (Lipinski definition) is 6. The van der Waals surface area contributed by atoms with E-state index >= 15 is 0 Å². The lowest BCUT2D eigenvalue weighted by molar-refractivity contribution is 0.302. The summed E-state index contributed by atoms with van der Waals surface area (Å²) >= 11 is 0. The largest absolute Gasteiger partial charge is 0.569 e. The van der Waals surface area contributed by atoms with Crippen molar-refractivity contribution >= 4 is 7.69 Å². The molecule has 133 valence electrons. The highest BCUT2D eigenvalue weighted by Gasteiger charge is 2.14. The van der Waals surface area contributed by atoms with Crippen LogP contribution in [0.5, 0.6) is 11.5 Å². The Kier molecular flexibility index (Phi) is 5.08. The van der Waals surface area contributed by atoms with Crippen LogP contribution in [-0.2, 0) is 13.7 Å². The van der Waals surface area contributed by atoms with Gasteiger partial charge in [-0.25, -0.2) is 4.79 Å². The van der Waals surface area contributed by atoms with E-state index in [1.807, 2.05) is 32.0 Å². The molecule has 0 aliphatic heterocycles. The molecule has 26 heavy (non-hydrogen) atoms. The minimum absolute atomic E-state index is 0.262. The van der Waals surface area contributed by atoms with Crippen molar-refractivity contribution in [3.05, 3.63) is 63.6 Å². The highest BCUT2D eigenvalue weighted by atomic mass is 16.5. The number of aryl methyl sites for hydroxylation is 3. The van der Waals surface area contributed by atoms with Crippen molar-refractivity contribution in [2.24, 2.45) is 7.05 Å². The van der Waals surface area contributed by atoms with Gasteiger partial charge in [0.05, 0.1) is 5.69 Å². The second-order valence-corrected chi connectivity index (χ2v) is 5.81. The molecule has 0 fully saturated rings. The van der Waals surface area contributed by atoms with E-state index in [2.05, 4.69) is 10.4 Å². The third-order valence-corrected chi connectivity index (χ3v) is 4.04. The third-order valence-electron chi connectivity index (χ3n) is 4.04. The van der Waals surface area contributed by atoms with Gasteiger partial charge in [-0.15, -0.1) is 0 Å². The second kappa shape index (κ2) is 7.44. The molecule has 0 bridgehead atoms. The van der Waals surface area contributed by atoms with E-state index in [4.69, 9.17) is 14.4 Å². The molecule has 0 aliphatic rings. The van der Waals surface area contributed by atoms with E-state index in [-0.39, 0.29) is 12.3 Å². The molecular weight excluding hydrogens is 335 g/mol. The van der Waals surface area contributed by atoms with Crippen molar-refractivity contribution in [3.8, 4) is 17.2 Å². The summed E-state index contributed by atoms with van der Waals surface area (Å²) in [7, 11) is 2.18. The van der Waals surface area contributed by atoms with Crippen molar-refractivity contribution in [2.75, 3.05) is 0 Å². The van der Waals surface area contributed by atoms with Gasteiger partial charge in [-0.1, -0.05) is 12.1 Å². The Morgan fingerprint density at radius 1 is 1.15 bits per heavy atom. The highest BCUT2D eigenvalue weighted by molar-refractivity contribution is 6.17. The Morgan fingerprint density at radius 3 is 2.62 bits per heavy atom. The number of ether oxygens (including phenoxy) is 1. The standard InChI is InChI=1S/C17H18BN4O4/c1-11-5-4-6-15(22-17(23)21(3)19-20-22)14(11)10-25-16-8-7-13(26-18-24)9-12(16)2/h4-9,24H,10H2,1-3H3. The SMILES string of the molecule is Cc1cc(O[B]O)ccc1OCc1c(C)cccc1-n1nnn(C)c1=O. The van der Waals surface area contributed by atoms with E-state index in [1.165, 1.54) is 9.36 Å². The normalized spacial score (nSPS) is 10.6. The third kappa shape index (κ3) is 3.47. The summed E-state index contributed by atoms with van der Waals surface area (Å²) < 4.78 is 13.3. The van der Waals surface area contributed by atoms with Gasteiger partial charge in [0.25, 0.3) is 0 Å². The summed E-state index contributed by atoms with van der Waals surface area (Å²) in [5.41, 5.74) is 2.99. The van der Waals surface area contributed by atoms with Crippen molar-refractivity contribution in [2.45, 2.75) is 20.5 Å². The van der Waals surface area contributed by atoms with Gasteiger partial charge < -0.3 is 14.4 Å². The highest BCUT2D eigenvalue weighted by Crippen LogP contribution is 2.25. The molecule has 0 saturated heterocycles. The fourth-order valence-corrected chi connectivity index (χ4v) is 2.61. The molecule has 0 saturated carbocycles. The van der Waals surface area contributed by atoms with Crippen LogP contribution in [0.4, 0.5) is 0 Å². The van der Waals surface area contributed by atoms with Crippen LogP contribution >= 0.6 is 0 Å². The summed E-state index contributed by atoms with van der Waals surface area (Å²) in [5.74, 6) is 1.19. The molecule has 0 spiro atoms. The summed E-state index contributed by atoms with van der Waals surface area (Å²) in [6.07, 6.45) is 0. The summed E-state index contributed by atoms with van der Waals surface area (Å²) in [5, 5.41) is 16.4. The first-order valence-corrected chi connectivity index (χ1v) is 7.95. The number of hydrogen-bond donors (Lipinski definition) is 1. The van der Waals surface area contributed by atoms with Gasteiger partial charge in [0.1, 0.15) is 18.1 Å². The van der Waals surface area contributed by atoms with Crippen molar-refractivity contribution in [1.29, 1.82) is 0 Å². The molecule has 1 radical (unpaired) electrons. The monoisotopic (exact) mass is 353 g/mol. The second-order valence-electron chi connectivity index (χ2n) is 5.81. The fraction of sp³-hybridized carbons (Fsp3) is 0.235. The van der Waals surface area contributed by atoms with E-state index < -0.39 is 0 Å². The molecule has 0 aliphatic carbocycles. The van der Waals surface area contributed by atoms with Gasteiger partial charge >= 0.3 is 13.4 Å². The Hall–Kier alpha value is -3.07. The molecule has 8 nitrogen and oxygen atoms in total. The molecule has 0 atom stereocenters. The fourth-order valence-electron chi connectivity index (χ4n) is 2.61. The predicted octanol–water partition coefficient (Wildman–Crippen LogP) is 1.07. The van der Waals surface area contributed by atoms with Crippen LogP contribution in [0, 0.1) is 13.8 Å². The zero-order chi connectivity index (χ0) is 18.7. The smallest absolute Gasteiger partial charge is 0.537 e. The summed E-state index contributed by atoms with van der Waals surface area (Å²) in [6, 6.07) is 10.8. The van der Waals surface area contributed by atoms with Gasteiger partial charge in [0.15, 0.2) is 0 Å². The lowest BCUT2D eigenvalue weighted by Gasteiger charge is -2.14. The molecule has 3 aromatic rings. The van der Waals surface area contributed by atoms with Crippen molar-refractivity contribution in [1.82, 2.24) is 19.8 Å². The van der Waals surface area contributed by atoms with Gasteiger partial charge in [0.2, 0.25) is 0 Å². The van der Waals surface area contributed by atoms with Crippen molar-refractivity contribution < 1.29 is 14.4 Å². The minimum Gasteiger partial charge on any atom is -0.537 e. The van der Waals surface area contributed by atoms with E-state index in [0.29, 0.717) is 24.9 Å². The molecule has 1 heterocycles. The topological polar surface area (TPSA) is 91.4 Å². The van der Waals surface area contributed by atoms with Crippen LogP contribution in [0.15, 0.2) is 41.2 Å². The van der Waals surface area contributed by atoms with Crippen LogP contribution in [0.3, 0.4) is 0 Å². The number of nitrogens with zero attached hydrogens (tertiary/aromatic N) is 4. The summed E-state index contributed by atoms with van der Waals surface area (Å²) in [6.45, 7) is 4.09. The van der Waals surface area contributed by atoms with Crippen LogP contribution in [0.25, 0.3) is 5.69 Å². The lowest BCUT2D eigenvalue weighted by atomic mass is 10.1. The zero-order valence-corrected chi connectivity index (χ0v) is 14.7. The van der Waals surface area contributed by atoms with E-state index in [1.54, 1.807) is 25.2 Å². The van der Waals surface area contributed by atoms with Crippen molar-refractivity contribution in [3.63, 3.8) is 0 Å². The average Bonchev–Trinajstić information content (AvgIpc) is 2.94. The first-order valence-electron chi connectivity index (χ1n) is 7.95. The average molecular weight is 353 g/mol. The summed E-state index contributed by atoms with van der Waals surface area (Å²) in [4.78, 5) is 12.2. The Morgan fingerprint density at radius 2 is 1.96 bits per heavy atom. The molecule has 0 amide bonds. The molecule has 2 aromatic carbocycles. The van der Waals surface area contributed by atoms with Crippen LogP contribution in [0.2, 0.25) is 0 Å². The zero-order valence-electron chi connectivity index (χ0n) is 14.7. The van der Waals surface area contributed by atoms with Crippen LogP contribution in [0.1, 0.15) is 16.7 Å². The molecular formula is C17H18BN4O4. The van der Waals surface area contributed by atoms with Crippen LogP contribution in [-0.4, -0.2) is 32.5 Å². The maximum absolute atomic E-state index is 12.2. The Bertz CT molecular complexity index is 983. The first kappa shape index (κ1) is 17.7. The van der Waals surface area contributed by atoms with E-state index in [9.17, 15) is 4.79 Å². The number of benzene rings is 2. The molecule has 1 N–H and O–H groups in total. The number of rotatable bonds is 6. The Labute approximate surface area is 150 Å². The molecule has 0 unspecified atom stereocenters. The van der Waals surface area contributed by atoms with Gasteiger partial charge in [-0.05, 0) is 59.7 Å². The minimum atomic E-state index is -0.324. The Balaban J connectivity index is 1.89. The van der Waals surface area contributed by atoms with Gasteiger partial charge in [-0.2, -0.15) is 9.36 Å². The molecule has 9 heteroatoms. The van der Waals surface area contributed by atoms with Crippen LogP contribution < -0.4 is 15.1 Å². The first-order chi connectivity index (χ1) is 12.5. The maximum Gasteiger partial charge on any atom is 0.569 e. The maximum atomic E-state index is 12.2. The lowest BCUT2D eigenvalue weighted by Crippen LogP contribution is -2.23. The number of aromatic nitrogens is 4.